The normalized spacial score (nSPS) is 16.9. The number of primary amides is 1. The number of hydrogen-bond donors (Lipinski definition) is 1. The van der Waals surface area contributed by atoms with E-state index in [0.717, 1.165) is 10.7 Å². The molecule has 1 aliphatic rings. The van der Waals surface area contributed by atoms with E-state index in [-0.39, 0.29) is 12.3 Å². The first-order valence-corrected chi connectivity index (χ1v) is 5.36. The highest BCUT2D eigenvalue weighted by Crippen LogP contribution is 2.36. The van der Waals surface area contributed by atoms with Crippen LogP contribution in [0.25, 0.3) is 0 Å². The Morgan fingerprint density at radius 2 is 2.46 bits per heavy atom. The Bertz CT molecular complexity index is 317. The number of aromatic nitrogens is 1. The zero-order valence-corrected chi connectivity index (χ0v) is 8.14. The van der Waals surface area contributed by atoms with Gasteiger partial charge in [-0.2, -0.15) is 0 Å². The number of hydrogen-bond acceptors (Lipinski definition) is 3. The first kappa shape index (κ1) is 8.69. The van der Waals surface area contributed by atoms with Gasteiger partial charge in [0.2, 0.25) is 5.91 Å². The SMILES string of the molecule is NC(=O)Cc1nc(C2CCC2)cs1. The van der Waals surface area contributed by atoms with Gasteiger partial charge >= 0.3 is 0 Å². The van der Waals surface area contributed by atoms with Crippen molar-refractivity contribution in [2.75, 3.05) is 0 Å². The average molecular weight is 196 g/mol. The Kier molecular flexibility index (Phi) is 2.31. The molecule has 1 aliphatic carbocycles. The van der Waals surface area contributed by atoms with E-state index in [9.17, 15) is 4.79 Å². The second-order valence-electron chi connectivity index (χ2n) is 3.44. The predicted octanol–water partition coefficient (Wildman–Crippen LogP) is 1.44. The van der Waals surface area contributed by atoms with Gasteiger partial charge in [0.15, 0.2) is 0 Å². The van der Waals surface area contributed by atoms with Crippen LogP contribution in [0.2, 0.25) is 0 Å². The molecule has 0 aliphatic heterocycles. The zero-order valence-electron chi connectivity index (χ0n) is 7.32. The first-order valence-electron chi connectivity index (χ1n) is 4.48. The summed E-state index contributed by atoms with van der Waals surface area (Å²) in [5.41, 5.74) is 6.24. The molecule has 13 heavy (non-hydrogen) atoms. The monoisotopic (exact) mass is 196 g/mol. The highest BCUT2D eigenvalue weighted by molar-refractivity contribution is 7.09. The molecular formula is C9H12N2OS. The third kappa shape index (κ3) is 1.88. The van der Waals surface area contributed by atoms with Gasteiger partial charge in [-0.05, 0) is 12.8 Å². The minimum absolute atomic E-state index is 0.289. The summed E-state index contributed by atoms with van der Waals surface area (Å²) in [6.07, 6.45) is 4.10. The Morgan fingerprint density at radius 1 is 1.69 bits per heavy atom. The predicted molar refractivity (Wildman–Crippen MR) is 51.6 cm³/mol. The molecular weight excluding hydrogens is 184 g/mol. The molecule has 3 nitrogen and oxygen atoms in total. The lowest BCUT2D eigenvalue weighted by Gasteiger charge is -2.22. The highest BCUT2D eigenvalue weighted by atomic mass is 32.1. The van der Waals surface area contributed by atoms with E-state index >= 15 is 0 Å². The second-order valence-corrected chi connectivity index (χ2v) is 4.38. The van der Waals surface area contributed by atoms with Crippen molar-refractivity contribution in [1.82, 2.24) is 4.98 Å². The maximum absolute atomic E-state index is 10.6. The van der Waals surface area contributed by atoms with Crippen molar-refractivity contribution in [2.45, 2.75) is 31.6 Å². The van der Waals surface area contributed by atoms with Crippen molar-refractivity contribution in [3.63, 3.8) is 0 Å². The Balaban J connectivity index is 2.04. The summed E-state index contributed by atoms with van der Waals surface area (Å²) in [6, 6.07) is 0. The summed E-state index contributed by atoms with van der Waals surface area (Å²) >= 11 is 1.54. The average Bonchev–Trinajstić information content (AvgIpc) is 2.31. The van der Waals surface area contributed by atoms with Gasteiger partial charge in [-0.15, -0.1) is 11.3 Å². The lowest BCUT2D eigenvalue weighted by atomic mass is 9.83. The van der Waals surface area contributed by atoms with Crippen molar-refractivity contribution in [1.29, 1.82) is 0 Å². The van der Waals surface area contributed by atoms with Gasteiger partial charge in [-0.3, -0.25) is 4.79 Å². The smallest absolute Gasteiger partial charge is 0.224 e. The van der Waals surface area contributed by atoms with Crippen LogP contribution in [-0.2, 0) is 11.2 Å². The van der Waals surface area contributed by atoms with Gasteiger partial charge in [-0.25, -0.2) is 4.98 Å². The molecule has 0 atom stereocenters. The number of thiazole rings is 1. The Hall–Kier alpha value is -0.900. The molecule has 70 valence electrons. The lowest BCUT2D eigenvalue weighted by Crippen LogP contribution is -2.14. The molecule has 0 saturated heterocycles. The second kappa shape index (κ2) is 3.46. The van der Waals surface area contributed by atoms with Crippen LogP contribution < -0.4 is 5.73 Å². The first-order chi connectivity index (χ1) is 6.25. The molecule has 0 radical (unpaired) electrons. The van der Waals surface area contributed by atoms with Crippen LogP contribution in [-0.4, -0.2) is 10.9 Å². The van der Waals surface area contributed by atoms with Gasteiger partial charge in [0, 0.05) is 11.3 Å². The number of rotatable bonds is 3. The summed E-state index contributed by atoms with van der Waals surface area (Å²) in [6.45, 7) is 0. The Morgan fingerprint density at radius 3 is 3.00 bits per heavy atom. The van der Waals surface area contributed by atoms with E-state index < -0.39 is 0 Å². The standard InChI is InChI=1S/C9H12N2OS/c10-8(12)4-9-11-7(5-13-9)6-2-1-3-6/h5-6H,1-4H2,(H2,10,12). The molecule has 2 N–H and O–H groups in total. The fourth-order valence-corrected chi connectivity index (χ4v) is 2.33. The van der Waals surface area contributed by atoms with Gasteiger partial charge in [0.05, 0.1) is 12.1 Å². The minimum atomic E-state index is -0.297. The molecule has 2 rings (SSSR count). The van der Waals surface area contributed by atoms with Crippen molar-refractivity contribution < 1.29 is 4.79 Å². The summed E-state index contributed by atoms with van der Waals surface area (Å²) in [5.74, 6) is 0.354. The molecule has 1 heterocycles. The van der Waals surface area contributed by atoms with E-state index in [1.807, 2.05) is 0 Å². The number of amides is 1. The zero-order chi connectivity index (χ0) is 9.26. The molecule has 1 aromatic heterocycles. The number of nitrogens with zero attached hydrogens (tertiary/aromatic N) is 1. The molecule has 0 bridgehead atoms. The van der Waals surface area contributed by atoms with Crippen LogP contribution in [0.5, 0.6) is 0 Å². The summed E-state index contributed by atoms with van der Waals surface area (Å²) in [4.78, 5) is 15.0. The van der Waals surface area contributed by atoms with Crippen molar-refractivity contribution in [3.05, 3.63) is 16.1 Å². The topological polar surface area (TPSA) is 56.0 Å². The fourth-order valence-electron chi connectivity index (χ4n) is 1.45. The van der Waals surface area contributed by atoms with Crippen LogP contribution in [0.3, 0.4) is 0 Å². The number of carbonyl (C=O) groups excluding carboxylic acids is 1. The van der Waals surface area contributed by atoms with Crippen LogP contribution in [0.1, 0.15) is 35.9 Å². The molecule has 1 fully saturated rings. The number of nitrogens with two attached hydrogens (primary N) is 1. The minimum Gasteiger partial charge on any atom is -0.369 e. The van der Waals surface area contributed by atoms with Crippen molar-refractivity contribution in [2.24, 2.45) is 5.73 Å². The lowest BCUT2D eigenvalue weighted by molar-refractivity contribution is -0.117. The molecule has 4 heteroatoms. The number of carbonyl (C=O) groups is 1. The molecule has 0 aromatic carbocycles. The molecule has 0 spiro atoms. The highest BCUT2D eigenvalue weighted by Gasteiger charge is 2.22. The van der Waals surface area contributed by atoms with Crippen molar-refractivity contribution >= 4 is 17.2 Å². The van der Waals surface area contributed by atoms with E-state index in [0.29, 0.717) is 5.92 Å². The van der Waals surface area contributed by atoms with Gasteiger partial charge < -0.3 is 5.73 Å². The summed E-state index contributed by atoms with van der Waals surface area (Å²) in [5, 5.41) is 2.91. The van der Waals surface area contributed by atoms with Crippen LogP contribution >= 0.6 is 11.3 Å². The fraction of sp³-hybridized carbons (Fsp3) is 0.556. The maximum Gasteiger partial charge on any atom is 0.224 e. The Labute approximate surface area is 81.0 Å². The van der Waals surface area contributed by atoms with Crippen molar-refractivity contribution in [3.8, 4) is 0 Å². The van der Waals surface area contributed by atoms with Gasteiger partial charge in [0.25, 0.3) is 0 Å². The third-order valence-electron chi connectivity index (χ3n) is 2.42. The van der Waals surface area contributed by atoms with Crippen LogP contribution in [0, 0.1) is 0 Å². The molecule has 0 unspecified atom stereocenters. The van der Waals surface area contributed by atoms with E-state index in [1.54, 1.807) is 11.3 Å². The van der Waals surface area contributed by atoms with E-state index in [4.69, 9.17) is 5.73 Å². The summed E-state index contributed by atoms with van der Waals surface area (Å²) in [7, 11) is 0. The summed E-state index contributed by atoms with van der Waals surface area (Å²) < 4.78 is 0. The quantitative estimate of drug-likeness (QED) is 0.795. The third-order valence-corrected chi connectivity index (χ3v) is 3.29. The van der Waals surface area contributed by atoms with Crippen LogP contribution in [0.15, 0.2) is 5.38 Å². The van der Waals surface area contributed by atoms with E-state index in [2.05, 4.69) is 10.4 Å². The largest absolute Gasteiger partial charge is 0.369 e. The van der Waals surface area contributed by atoms with E-state index in [1.165, 1.54) is 19.3 Å². The maximum atomic E-state index is 10.6. The van der Waals surface area contributed by atoms with Gasteiger partial charge in [0.1, 0.15) is 5.01 Å². The molecule has 1 aromatic rings. The van der Waals surface area contributed by atoms with Gasteiger partial charge in [-0.1, -0.05) is 6.42 Å². The van der Waals surface area contributed by atoms with Crippen LogP contribution in [0.4, 0.5) is 0 Å². The molecule has 1 saturated carbocycles. The molecule has 1 amide bonds.